The molecule has 3 unspecified atom stereocenters. The summed E-state index contributed by atoms with van der Waals surface area (Å²) in [5.74, 6) is 0. The highest BCUT2D eigenvalue weighted by molar-refractivity contribution is 5.34. The van der Waals surface area contributed by atoms with Crippen molar-refractivity contribution in [3.63, 3.8) is 0 Å². The first kappa shape index (κ1) is 10.6. The number of fused-ring (bicyclic) bond motifs is 1. The first-order chi connectivity index (χ1) is 7.24. The first-order valence-corrected chi connectivity index (χ1v) is 5.30. The zero-order chi connectivity index (χ0) is 10.8. The minimum Gasteiger partial charge on any atom is -0.390 e. The molecule has 1 aliphatic rings. The van der Waals surface area contributed by atoms with Gasteiger partial charge in [0.05, 0.1) is 12.2 Å². The van der Waals surface area contributed by atoms with Gasteiger partial charge in [-0.15, -0.1) is 0 Å². The van der Waals surface area contributed by atoms with Gasteiger partial charge in [-0.05, 0) is 18.1 Å². The quantitative estimate of drug-likeness (QED) is 0.775. The van der Waals surface area contributed by atoms with E-state index in [-0.39, 0.29) is 6.10 Å². The highest BCUT2D eigenvalue weighted by Gasteiger charge is 2.32. The van der Waals surface area contributed by atoms with E-state index in [9.17, 15) is 10.2 Å². The molecule has 1 aliphatic carbocycles. The Hall–Kier alpha value is -0.900. The Balaban J connectivity index is 2.36. The Labute approximate surface area is 89.3 Å². The molecule has 0 heterocycles. The van der Waals surface area contributed by atoms with Gasteiger partial charge in [0.2, 0.25) is 0 Å². The van der Waals surface area contributed by atoms with Gasteiger partial charge < -0.3 is 14.9 Å². The van der Waals surface area contributed by atoms with Crippen molar-refractivity contribution in [2.24, 2.45) is 0 Å². The van der Waals surface area contributed by atoms with Crippen LogP contribution in [0.2, 0.25) is 0 Å². The number of benzene rings is 1. The molecule has 2 rings (SSSR count). The van der Waals surface area contributed by atoms with Gasteiger partial charge in [-0.25, -0.2) is 0 Å². The summed E-state index contributed by atoms with van der Waals surface area (Å²) in [5.41, 5.74) is 1.78. The van der Waals surface area contributed by atoms with Crippen LogP contribution < -0.4 is 0 Å². The maximum atomic E-state index is 9.81. The molecule has 3 heteroatoms. The monoisotopic (exact) mass is 208 g/mol. The van der Waals surface area contributed by atoms with Crippen molar-refractivity contribution in [1.29, 1.82) is 0 Å². The predicted octanol–water partition coefficient (Wildman–Crippen LogP) is 1.56. The van der Waals surface area contributed by atoms with Crippen molar-refractivity contribution in [2.75, 3.05) is 6.61 Å². The fraction of sp³-hybridized carbons (Fsp3) is 0.500. The molecule has 0 amide bonds. The van der Waals surface area contributed by atoms with Crippen LogP contribution >= 0.6 is 0 Å². The Morgan fingerprint density at radius 3 is 2.60 bits per heavy atom. The van der Waals surface area contributed by atoms with Crippen molar-refractivity contribution < 1.29 is 14.9 Å². The second-order valence-corrected chi connectivity index (χ2v) is 3.82. The minimum absolute atomic E-state index is 0.0930. The third-order valence-electron chi connectivity index (χ3n) is 2.85. The van der Waals surface area contributed by atoms with E-state index in [1.54, 1.807) is 0 Å². The Morgan fingerprint density at radius 2 is 1.93 bits per heavy atom. The van der Waals surface area contributed by atoms with Crippen molar-refractivity contribution in [2.45, 2.75) is 31.7 Å². The van der Waals surface area contributed by atoms with E-state index < -0.39 is 12.2 Å². The average Bonchev–Trinajstić information content (AvgIpc) is 2.26. The molecule has 1 aromatic rings. The lowest BCUT2D eigenvalue weighted by Gasteiger charge is -2.32. The van der Waals surface area contributed by atoms with Crippen LogP contribution in [0.4, 0.5) is 0 Å². The molecule has 0 saturated carbocycles. The molecule has 0 spiro atoms. The molecule has 3 nitrogen and oxygen atoms in total. The van der Waals surface area contributed by atoms with E-state index in [1.807, 2.05) is 31.2 Å². The van der Waals surface area contributed by atoms with Crippen LogP contribution in [0.3, 0.4) is 0 Å². The summed E-state index contributed by atoms with van der Waals surface area (Å²) in [5, 5.41) is 19.5. The van der Waals surface area contributed by atoms with Crippen LogP contribution in [0, 0.1) is 0 Å². The number of aliphatic hydroxyl groups is 2. The zero-order valence-corrected chi connectivity index (χ0v) is 8.76. The van der Waals surface area contributed by atoms with Gasteiger partial charge in [0, 0.05) is 13.0 Å². The SMILES string of the molecule is CCOC1CC(O)C(O)c2ccccc21. The summed E-state index contributed by atoms with van der Waals surface area (Å²) in [7, 11) is 0. The number of hydrogen-bond donors (Lipinski definition) is 2. The zero-order valence-electron chi connectivity index (χ0n) is 8.76. The molecule has 0 radical (unpaired) electrons. The molecule has 0 fully saturated rings. The van der Waals surface area contributed by atoms with E-state index in [4.69, 9.17) is 4.74 Å². The lowest BCUT2D eigenvalue weighted by Crippen LogP contribution is -2.29. The second kappa shape index (κ2) is 4.31. The highest BCUT2D eigenvalue weighted by atomic mass is 16.5. The molecule has 0 saturated heterocycles. The van der Waals surface area contributed by atoms with Gasteiger partial charge in [-0.2, -0.15) is 0 Å². The van der Waals surface area contributed by atoms with E-state index in [1.165, 1.54) is 0 Å². The molecular weight excluding hydrogens is 192 g/mol. The van der Waals surface area contributed by atoms with Gasteiger partial charge in [-0.3, -0.25) is 0 Å². The molecular formula is C12H16O3. The van der Waals surface area contributed by atoms with Crippen molar-refractivity contribution in [3.8, 4) is 0 Å². The standard InChI is InChI=1S/C12H16O3/c1-2-15-11-7-10(13)12(14)9-6-4-3-5-8(9)11/h3-6,10-14H,2,7H2,1H3. The predicted molar refractivity (Wildman–Crippen MR) is 56.4 cm³/mol. The summed E-state index contributed by atoms with van der Waals surface area (Å²) < 4.78 is 5.56. The van der Waals surface area contributed by atoms with Crippen molar-refractivity contribution in [3.05, 3.63) is 35.4 Å². The first-order valence-electron chi connectivity index (χ1n) is 5.30. The molecule has 0 bridgehead atoms. The van der Waals surface area contributed by atoms with Crippen LogP contribution in [0.15, 0.2) is 24.3 Å². The Morgan fingerprint density at radius 1 is 1.27 bits per heavy atom. The highest BCUT2D eigenvalue weighted by Crippen LogP contribution is 2.37. The summed E-state index contributed by atoms with van der Waals surface area (Å²) in [6.45, 7) is 2.54. The van der Waals surface area contributed by atoms with Crippen LogP contribution in [0.25, 0.3) is 0 Å². The van der Waals surface area contributed by atoms with Gasteiger partial charge >= 0.3 is 0 Å². The van der Waals surface area contributed by atoms with Gasteiger partial charge in [0.1, 0.15) is 6.10 Å². The fourth-order valence-electron chi connectivity index (χ4n) is 2.11. The smallest absolute Gasteiger partial charge is 0.105 e. The van der Waals surface area contributed by atoms with Gasteiger partial charge in [0.15, 0.2) is 0 Å². The van der Waals surface area contributed by atoms with Crippen LogP contribution in [0.1, 0.15) is 36.7 Å². The summed E-state index contributed by atoms with van der Waals surface area (Å²) in [4.78, 5) is 0. The molecule has 2 N–H and O–H groups in total. The number of ether oxygens (including phenoxy) is 1. The maximum absolute atomic E-state index is 9.81. The maximum Gasteiger partial charge on any atom is 0.105 e. The summed E-state index contributed by atoms with van der Waals surface area (Å²) in [6, 6.07) is 7.58. The second-order valence-electron chi connectivity index (χ2n) is 3.82. The summed E-state index contributed by atoms with van der Waals surface area (Å²) in [6.07, 6.45) is -1.13. The van der Waals surface area contributed by atoms with Crippen LogP contribution in [-0.4, -0.2) is 22.9 Å². The van der Waals surface area contributed by atoms with Crippen molar-refractivity contribution in [1.82, 2.24) is 0 Å². The largest absolute Gasteiger partial charge is 0.390 e. The van der Waals surface area contributed by atoms with E-state index >= 15 is 0 Å². The molecule has 0 aromatic heterocycles. The normalized spacial score (nSPS) is 29.9. The van der Waals surface area contributed by atoms with Gasteiger partial charge in [0.25, 0.3) is 0 Å². The van der Waals surface area contributed by atoms with E-state index in [2.05, 4.69) is 0 Å². The Kier molecular flexibility index (Phi) is 3.05. The van der Waals surface area contributed by atoms with Crippen molar-refractivity contribution >= 4 is 0 Å². The topological polar surface area (TPSA) is 49.7 Å². The third kappa shape index (κ3) is 1.91. The van der Waals surface area contributed by atoms with Crippen LogP contribution in [-0.2, 0) is 4.74 Å². The summed E-state index contributed by atoms with van der Waals surface area (Å²) >= 11 is 0. The van der Waals surface area contributed by atoms with Crippen LogP contribution in [0.5, 0.6) is 0 Å². The average molecular weight is 208 g/mol. The Bertz CT molecular complexity index is 337. The fourth-order valence-corrected chi connectivity index (χ4v) is 2.11. The minimum atomic E-state index is -0.780. The number of rotatable bonds is 2. The van der Waals surface area contributed by atoms with Gasteiger partial charge in [-0.1, -0.05) is 24.3 Å². The number of aliphatic hydroxyl groups excluding tert-OH is 2. The number of hydrogen-bond acceptors (Lipinski definition) is 3. The molecule has 3 atom stereocenters. The lowest BCUT2D eigenvalue weighted by molar-refractivity contribution is -0.0499. The molecule has 82 valence electrons. The third-order valence-corrected chi connectivity index (χ3v) is 2.85. The van der Waals surface area contributed by atoms with E-state index in [0.717, 1.165) is 11.1 Å². The lowest BCUT2D eigenvalue weighted by atomic mass is 9.85. The molecule has 0 aliphatic heterocycles. The molecule has 15 heavy (non-hydrogen) atoms. The molecule has 1 aromatic carbocycles. The van der Waals surface area contributed by atoms with E-state index in [0.29, 0.717) is 13.0 Å².